The Morgan fingerprint density at radius 2 is 2.15 bits per heavy atom. The summed E-state index contributed by atoms with van der Waals surface area (Å²) >= 11 is 0. The molecule has 0 saturated carbocycles. The molecule has 0 spiro atoms. The molecule has 1 N–H and O–H groups in total. The number of alkyl halides is 2. The van der Waals surface area contributed by atoms with Gasteiger partial charge in [0.1, 0.15) is 0 Å². The molecule has 1 aromatic rings. The topological polar surface area (TPSA) is 33.1 Å². The average molecular weight is 191 g/mol. The zero-order chi connectivity index (χ0) is 10.0. The molecule has 1 rings (SSSR count). The number of hydrogen-bond acceptors (Lipinski definition) is 2. The molecule has 72 valence electrons. The number of pyridine rings is 1. The van der Waals surface area contributed by atoms with E-state index in [1.807, 2.05) is 0 Å². The number of aromatic nitrogens is 1. The molecule has 0 aliphatic heterocycles. The highest BCUT2D eigenvalue weighted by atomic mass is 19.3. The normalized spacial score (nSPS) is 10.9. The van der Waals surface area contributed by atoms with Crippen LogP contribution in [0.4, 0.5) is 13.2 Å². The maximum Gasteiger partial charge on any atom is 0.268 e. The second-order valence-corrected chi connectivity index (χ2v) is 2.57. The van der Waals surface area contributed by atoms with Gasteiger partial charge in [-0.15, -0.1) is 0 Å². The molecule has 13 heavy (non-hydrogen) atoms. The zero-order valence-electron chi connectivity index (χ0n) is 6.89. The van der Waals surface area contributed by atoms with Gasteiger partial charge in [0.25, 0.3) is 6.43 Å². The van der Waals surface area contributed by atoms with E-state index in [0.29, 0.717) is 0 Å². The van der Waals surface area contributed by atoms with Crippen molar-refractivity contribution >= 4 is 0 Å². The number of nitrogens with zero attached hydrogens (tertiary/aromatic N) is 1. The van der Waals surface area contributed by atoms with Gasteiger partial charge in [0.2, 0.25) is 5.95 Å². The Labute approximate surface area is 73.0 Å². The summed E-state index contributed by atoms with van der Waals surface area (Å²) in [6.45, 7) is 0.913. The molecule has 0 amide bonds. The summed E-state index contributed by atoms with van der Waals surface area (Å²) in [4.78, 5) is 3.13. The quantitative estimate of drug-likeness (QED) is 0.725. The maximum absolute atomic E-state index is 12.7. The van der Waals surface area contributed by atoms with Gasteiger partial charge in [-0.05, 0) is 18.1 Å². The SMILES string of the molecule is Cc1c(CO)cnc(F)c1C(F)F. The number of hydrogen-bond donors (Lipinski definition) is 1. The van der Waals surface area contributed by atoms with Gasteiger partial charge in [-0.2, -0.15) is 4.39 Å². The smallest absolute Gasteiger partial charge is 0.268 e. The number of aliphatic hydroxyl groups is 1. The fourth-order valence-corrected chi connectivity index (χ4v) is 1.04. The summed E-state index contributed by atoms with van der Waals surface area (Å²) in [5, 5.41) is 8.71. The van der Waals surface area contributed by atoms with Crippen molar-refractivity contribution in [1.29, 1.82) is 0 Å². The molecule has 0 bridgehead atoms. The molecule has 0 fully saturated rings. The Morgan fingerprint density at radius 3 is 2.62 bits per heavy atom. The van der Waals surface area contributed by atoms with Crippen LogP contribution in [0.3, 0.4) is 0 Å². The van der Waals surface area contributed by atoms with Crippen molar-refractivity contribution in [2.24, 2.45) is 0 Å². The first-order valence-corrected chi connectivity index (χ1v) is 3.60. The Kier molecular flexibility index (Phi) is 2.87. The van der Waals surface area contributed by atoms with E-state index in [-0.39, 0.29) is 11.1 Å². The summed E-state index contributed by atoms with van der Waals surface area (Å²) in [6, 6.07) is 0. The van der Waals surface area contributed by atoms with Gasteiger partial charge in [0.15, 0.2) is 0 Å². The molecule has 0 aromatic carbocycles. The fourth-order valence-electron chi connectivity index (χ4n) is 1.04. The van der Waals surface area contributed by atoms with Crippen molar-refractivity contribution in [1.82, 2.24) is 4.98 Å². The average Bonchev–Trinajstić information content (AvgIpc) is 2.04. The Bertz CT molecular complexity index is 315. The molecule has 0 radical (unpaired) electrons. The molecule has 1 aromatic heterocycles. The number of aliphatic hydroxyl groups excluding tert-OH is 1. The standard InChI is InChI=1S/C8H8F3NO/c1-4-5(3-13)2-12-8(11)6(4)7(9)10/h2,7,13H,3H2,1H3. The molecule has 0 atom stereocenters. The first-order valence-electron chi connectivity index (χ1n) is 3.60. The summed E-state index contributed by atoms with van der Waals surface area (Å²) < 4.78 is 37.2. The molecular formula is C8H8F3NO. The van der Waals surface area contributed by atoms with E-state index >= 15 is 0 Å². The first-order chi connectivity index (χ1) is 6.07. The Hall–Kier alpha value is -1.10. The van der Waals surface area contributed by atoms with Crippen LogP contribution in [0.25, 0.3) is 0 Å². The van der Waals surface area contributed by atoms with Gasteiger partial charge in [0.05, 0.1) is 12.2 Å². The van der Waals surface area contributed by atoms with Crippen LogP contribution in [-0.4, -0.2) is 10.1 Å². The number of halogens is 3. The summed E-state index contributed by atoms with van der Waals surface area (Å²) in [5.41, 5.74) is -0.451. The van der Waals surface area contributed by atoms with Crippen LogP contribution in [0.2, 0.25) is 0 Å². The van der Waals surface area contributed by atoms with Crippen molar-refractivity contribution in [2.75, 3.05) is 0 Å². The van der Waals surface area contributed by atoms with Crippen LogP contribution in [0.15, 0.2) is 6.20 Å². The van der Waals surface area contributed by atoms with E-state index in [1.165, 1.54) is 6.92 Å². The van der Waals surface area contributed by atoms with Gasteiger partial charge in [0, 0.05) is 6.20 Å². The van der Waals surface area contributed by atoms with Gasteiger partial charge in [-0.1, -0.05) is 0 Å². The van der Waals surface area contributed by atoms with Crippen LogP contribution in [0.5, 0.6) is 0 Å². The lowest BCUT2D eigenvalue weighted by atomic mass is 10.1. The minimum atomic E-state index is -2.90. The molecule has 0 aliphatic carbocycles. The third kappa shape index (κ3) is 1.80. The highest BCUT2D eigenvalue weighted by molar-refractivity contribution is 5.31. The van der Waals surface area contributed by atoms with E-state index in [0.717, 1.165) is 6.20 Å². The molecular weight excluding hydrogens is 183 g/mol. The lowest BCUT2D eigenvalue weighted by Gasteiger charge is -2.08. The molecule has 2 nitrogen and oxygen atoms in total. The molecule has 1 heterocycles. The summed E-state index contributed by atoms with van der Waals surface area (Å²) in [5.74, 6) is -1.18. The molecule has 0 unspecified atom stereocenters. The third-order valence-corrected chi connectivity index (χ3v) is 1.83. The van der Waals surface area contributed by atoms with E-state index in [9.17, 15) is 13.2 Å². The van der Waals surface area contributed by atoms with Crippen molar-refractivity contribution in [3.63, 3.8) is 0 Å². The van der Waals surface area contributed by atoms with E-state index in [4.69, 9.17) is 5.11 Å². The summed E-state index contributed by atoms with van der Waals surface area (Å²) in [6.07, 6.45) is -1.85. The maximum atomic E-state index is 12.7. The van der Waals surface area contributed by atoms with E-state index in [1.54, 1.807) is 0 Å². The van der Waals surface area contributed by atoms with E-state index in [2.05, 4.69) is 4.98 Å². The van der Waals surface area contributed by atoms with Crippen molar-refractivity contribution in [3.05, 3.63) is 28.8 Å². The van der Waals surface area contributed by atoms with Crippen molar-refractivity contribution < 1.29 is 18.3 Å². The number of rotatable bonds is 2. The fraction of sp³-hybridized carbons (Fsp3) is 0.375. The molecule has 0 saturated heterocycles. The van der Waals surface area contributed by atoms with Crippen LogP contribution in [0, 0.1) is 12.9 Å². The van der Waals surface area contributed by atoms with Crippen molar-refractivity contribution in [3.8, 4) is 0 Å². The Morgan fingerprint density at radius 1 is 1.54 bits per heavy atom. The van der Waals surface area contributed by atoms with Crippen LogP contribution in [0.1, 0.15) is 23.1 Å². The monoisotopic (exact) mass is 191 g/mol. The largest absolute Gasteiger partial charge is 0.392 e. The predicted octanol–water partition coefficient (Wildman–Crippen LogP) is 1.96. The van der Waals surface area contributed by atoms with Crippen LogP contribution in [-0.2, 0) is 6.61 Å². The summed E-state index contributed by atoms with van der Waals surface area (Å²) in [7, 11) is 0. The molecule has 0 aliphatic rings. The first kappa shape index (κ1) is 9.98. The Balaban J connectivity index is 3.30. The van der Waals surface area contributed by atoms with E-state index < -0.39 is 24.5 Å². The van der Waals surface area contributed by atoms with Gasteiger partial charge in [-0.25, -0.2) is 13.8 Å². The highest BCUT2D eigenvalue weighted by Crippen LogP contribution is 2.26. The third-order valence-electron chi connectivity index (χ3n) is 1.83. The zero-order valence-corrected chi connectivity index (χ0v) is 6.89. The van der Waals surface area contributed by atoms with Crippen LogP contribution < -0.4 is 0 Å². The lowest BCUT2D eigenvalue weighted by Crippen LogP contribution is -2.02. The minimum Gasteiger partial charge on any atom is -0.392 e. The van der Waals surface area contributed by atoms with Gasteiger partial charge < -0.3 is 5.11 Å². The highest BCUT2D eigenvalue weighted by Gasteiger charge is 2.19. The van der Waals surface area contributed by atoms with Crippen molar-refractivity contribution in [2.45, 2.75) is 20.0 Å². The van der Waals surface area contributed by atoms with Crippen LogP contribution >= 0.6 is 0 Å². The van der Waals surface area contributed by atoms with Gasteiger partial charge >= 0.3 is 0 Å². The molecule has 5 heteroatoms. The second-order valence-electron chi connectivity index (χ2n) is 2.57. The predicted molar refractivity (Wildman–Crippen MR) is 39.8 cm³/mol. The second kappa shape index (κ2) is 3.74. The van der Waals surface area contributed by atoms with Gasteiger partial charge in [-0.3, -0.25) is 0 Å². The minimum absolute atomic E-state index is 0.0602. The lowest BCUT2D eigenvalue weighted by molar-refractivity contribution is 0.143.